The fraction of sp³-hybridized carbons (Fsp3) is 0.375. The predicted molar refractivity (Wildman–Crippen MR) is 112 cm³/mol. The fourth-order valence-electron chi connectivity index (χ4n) is 5.20. The molecule has 6 rings (SSSR count). The average molecular weight is 374 g/mol. The molecular weight excluding hydrogens is 348 g/mol. The number of benzene rings is 2. The van der Waals surface area contributed by atoms with E-state index < -0.39 is 0 Å². The monoisotopic (exact) mass is 374 g/mol. The molecule has 0 saturated heterocycles. The van der Waals surface area contributed by atoms with Crippen LogP contribution < -0.4 is 15.0 Å². The lowest BCUT2D eigenvalue weighted by Crippen LogP contribution is -2.57. The molecule has 1 fully saturated rings. The van der Waals surface area contributed by atoms with Crippen LogP contribution >= 0.6 is 0 Å². The maximum atomic E-state index is 13.5. The minimum absolute atomic E-state index is 0.0460. The lowest BCUT2D eigenvalue weighted by atomic mass is 9.48. The minimum Gasteiger partial charge on any atom is -0.497 e. The number of anilines is 2. The third-order valence-electron chi connectivity index (χ3n) is 7.10. The Morgan fingerprint density at radius 2 is 1.86 bits per heavy atom. The number of allylic oxidation sites excluding steroid dienone is 1. The second-order valence-electron chi connectivity index (χ2n) is 8.71. The Hall–Kier alpha value is -2.75. The fourth-order valence-corrected chi connectivity index (χ4v) is 5.20. The van der Waals surface area contributed by atoms with E-state index in [1.54, 1.807) is 7.11 Å². The zero-order valence-electron chi connectivity index (χ0n) is 16.6. The maximum absolute atomic E-state index is 13.5. The first-order valence-electron chi connectivity index (χ1n) is 10.0. The Labute approximate surface area is 166 Å². The highest BCUT2D eigenvalue weighted by Crippen LogP contribution is 2.60. The number of fused-ring (bicyclic) bond motifs is 2. The number of carbonyl (C=O) groups excluding carboxylic acids is 1. The number of carbonyl (C=O) groups is 1. The van der Waals surface area contributed by atoms with E-state index in [0.29, 0.717) is 11.3 Å². The van der Waals surface area contributed by atoms with Crippen molar-refractivity contribution >= 4 is 17.3 Å². The van der Waals surface area contributed by atoms with Gasteiger partial charge in [-0.2, -0.15) is 0 Å². The standard InChI is InChI=1S/C24H26N2O2/c1-24(2)15-8-13-18(20(24)14-15)22-25-21-7-5-4-6-19(21)23(27)26(22)16-9-11-17(28-3)12-10-16/h4-7,9-13,15,20,22,25H,8,14H2,1-3H3/t15-,20-,22-/m1/s1. The molecule has 144 valence electrons. The summed E-state index contributed by atoms with van der Waals surface area (Å²) in [6, 6.07) is 15.6. The highest BCUT2D eigenvalue weighted by Gasteiger charge is 2.54. The van der Waals surface area contributed by atoms with E-state index >= 15 is 0 Å². The number of ether oxygens (including phenoxy) is 1. The minimum atomic E-state index is -0.152. The van der Waals surface area contributed by atoms with Gasteiger partial charge in [0.1, 0.15) is 11.9 Å². The summed E-state index contributed by atoms with van der Waals surface area (Å²) in [6.07, 6.45) is 4.55. The molecular formula is C24H26N2O2. The molecule has 28 heavy (non-hydrogen) atoms. The number of para-hydroxylation sites is 1. The summed E-state index contributed by atoms with van der Waals surface area (Å²) in [7, 11) is 1.66. The van der Waals surface area contributed by atoms with Crippen LogP contribution in [0.1, 0.15) is 37.0 Å². The van der Waals surface area contributed by atoms with Crippen molar-refractivity contribution in [2.24, 2.45) is 17.3 Å². The van der Waals surface area contributed by atoms with E-state index in [1.165, 1.54) is 12.0 Å². The van der Waals surface area contributed by atoms with Gasteiger partial charge in [-0.05, 0) is 72.1 Å². The Balaban J connectivity index is 1.60. The molecule has 1 heterocycles. The summed E-state index contributed by atoms with van der Waals surface area (Å²) in [4.78, 5) is 15.5. The zero-order chi connectivity index (χ0) is 19.5. The van der Waals surface area contributed by atoms with Crippen LogP contribution in [0.25, 0.3) is 0 Å². The molecule has 4 heteroatoms. The normalized spacial score (nSPS) is 27.2. The van der Waals surface area contributed by atoms with Gasteiger partial charge < -0.3 is 10.1 Å². The molecule has 0 spiro atoms. The van der Waals surface area contributed by atoms with Crippen molar-refractivity contribution in [3.63, 3.8) is 0 Å². The molecule has 1 amide bonds. The molecule has 3 aliphatic carbocycles. The third-order valence-corrected chi connectivity index (χ3v) is 7.10. The molecule has 4 nitrogen and oxygen atoms in total. The number of rotatable bonds is 3. The van der Waals surface area contributed by atoms with Crippen LogP contribution in [0.5, 0.6) is 5.75 Å². The van der Waals surface area contributed by atoms with Crippen LogP contribution in [0, 0.1) is 17.3 Å². The van der Waals surface area contributed by atoms with E-state index in [0.717, 1.165) is 35.0 Å². The van der Waals surface area contributed by atoms with Crippen LogP contribution in [0.2, 0.25) is 0 Å². The molecule has 2 bridgehead atoms. The van der Waals surface area contributed by atoms with E-state index in [9.17, 15) is 4.79 Å². The summed E-state index contributed by atoms with van der Waals surface area (Å²) in [5, 5.41) is 3.67. The van der Waals surface area contributed by atoms with E-state index in [4.69, 9.17) is 4.74 Å². The van der Waals surface area contributed by atoms with Crippen molar-refractivity contribution in [1.29, 1.82) is 0 Å². The average Bonchev–Trinajstić information content (AvgIpc) is 2.73. The second kappa shape index (κ2) is 6.13. The van der Waals surface area contributed by atoms with Crippen LogP contribution in [-0.4, -0.2) is 19.2 Å². The van der Waals surface area contributed by atoms with Gasteiger partial charge in [0.25, 0.3) is 5.91 Å². The Kier molecular flexibility index (Phi) is 3.80. The SMILES string of the molecule is COc1ccc(N2C(=O)c3ccccc3N[C@H]2C2=CC[C@@H]3C[C@H]2C3(C)C)cc1. The molecule has 2 aromatic carbocycles. The summed E-state index contributed by atoms with van der Waals surface area (Å²) in [5.41, 5.74) is 4.18. The van der Waals surface area contributed by atoms with Crippen LogP contribution in [0.3, 0.4) is 0 Å². The Morgan fingerprint density at radius 3 is 2.54 bits per heavy atom. The maximum Gasteiger partial charge on any atom is 0.262 e. The largest absolute Gasteiger partial charge is 0.497 e. The van der Waals surface area contributed by atoms with Gasteiger partial charge in [-0.1, -0.05) is 32.1 Å². The number of nitrogens with zero attached hydrogens (tertiary/aromatic N) is 1. The van der Waals surface area contributed by atoms with Gasteiger partial charge >= 0.3 is 0 Å². The molecule has 4 aliphatic rings. The summed E-state index contributed by atoms with van der Waals surface area (Å²) in [6.45, 7) is 4.74. The van der Waals surface area contributed by atoms with Gasteiger partial charge in [0.2, 0.25) is 0 Å². The summed E-state index contributed by atoms with van der Waals surface area (Å²) < 4.78 is 5.30. The molecule has 0 unspecified atom stereocenters. The Morgan fingerprint density at radius 1 is 1.11 bits per heavy atom. The molecule has 0 aromatic heterocycles. The number of hydrogen-bond donors (Lipinski definition) is 1. The van der Waals surface area contributed by atoms with Crippen LogP contribution in [0.4, 0.5) is 11.4 Å². The van der Waals surface area contributed by atoms with Crippen molar-refractivity contribution in [2.45, 2.75) is 32.9 Å². The molecule has 1 N–H and O–H groups in total. The smallest absolute Gasteiger partial charge is 0.262 e. The number of methoxy groups -OCH3 is 1. The van der Waals surface area contributed by atoms with Crippen molar-refractivity contribution < 1.29 is 9.53 Å². The molecule has 2 aromatic rings. The summed E-state index contributed by atoms with van der Waals surface area (Å²) >= 11 is 0. The van der Waals surface area contributed by atoms with Crippen molar-refractivity contribution in [3.8, 4) is 5.75 Å². The van der Waals surface area contributed by atoms with Gasteiger partial charge in [0.05, 0.1) is 12.7 Å². The first-order valence-corrected chi connectivity index (χ1v) is 10.0. The van der Waals surface area contributed by atoms with E-state index in [1.807, 2.05) is 53.4 Å². The van der Waals surface area contributed by atoms with Crippen LogP contribution in [0.15, 0.2) is 60.2 Å². The lowest BCUT2D eigenvalue weighted by Gasteiger charge is -2.58. The van der Waals surface area contributed by atoms with Gasteiger partial charge in [-0.15, -0.1) is 0 Å². The van der Waals surface area contributed by atoms with Gasteiger partial charge in [0, 0.05) is 11.4 Å². The zero-order valence-corrected chi connectivity index (χ0v) is 16.6. The quantitative estimate of drug-likeness (QED) is 0.761. The lowest BCUT2D eigenvalue weighted by molar-refractivity contribution is -0.00924. The molecule has 1 aliphatic heterocycles. The molecule has 3 atom stereocenters. The Bertz CT molecular complexity index is 961. The highest BCUT2D eigenvalue weighted by molar-refractivity contribution is 6.12. The third kappa shape index (κ3) is 2.40. The second-order valence-corrected chi connectivity index (χ2v) is 8.71. The number of amides is 1. The molecule has 0 radical (unpaired) electrons. The van der Waals surface area contributed by atoms with Gasteiger partial charge in [-0.25, -0.2) is 0 Å². The number of hydrogen-bond acceptors (Lipinski definition) is 3. The first kappa shape index (κ1) is 17.4. The van der Waals surface area contributed by atoms with E-state index in [2.05, 4.69) is 25.2 Å². The topological polar surface area (TPSA) is 41.6 Å². The number of nitrogens with one attached hydrogen (secondary N) is 1. The van der Waals surface area contributed by atoms with Crippen molar-refractivity contribution in [2.75, 3.05) is 17.3 Å². The van der Waals surface area contributed by atoms with Crippen LogP contribution in [-0.2, 0) is 0 Å². The van der Waals surface area contributed by atoms with Crippen molar-refractivity contribution in [3.05, 3.63) is 65.7 Å². The predicted octanol–water partition coefficient (Wildman–Crippen LogP) is 5.09. The van der Waals surface area contributed by atoms with Crippen molar-refractivity contribution in [1.82, 2.24) is 0 Å². The van der Waals surface area contributed by atoms with E-state index in [-0.39, 0.29) is 12.1 Å². The van der Waals surface area contributed by atoms with Gasteiger partial charge in [-0.3, -0.25) is 9.69 Å². The first-order chi connectivity index (χ1) is 13.5. The van der Waals surface area contributed by atoms with Gasteiger partial charge in [0.15, 0.2) is 0 Å². The highest BCUT2D eigenvalue weighted by atomic mass is 16.5. The molecule has 1 saturated carbocycles. The summed E-state index contributed by atoms with van der Waals surface area (Å²) in [5.74, 6) is 2.12.